The number of ether oxygens (including phenoxy) is 1. The van der Waals surface area contributed by atoms with Gasteiger partial charge in [-0.2, -0.15) is 0 Å². The third-order valence-corrected chi connectivity index (χ3v) is 4.42. The lowest BCUT2D eigenvalue weighted by Gasteiger charge is -2.69. The van der Waals surface area contributed by atoms with E-state index in [9.17, 15) is 4.79 Å². The lowest BCUT2D eigenvalue weighted by atomic mass is 9.33. The van der Waals surface area contributed by atoms with Gasteiger partial charge in [-0.3, -0.25) is 4.79 Å². The maximum absolute atomic E-state index is 11.6. The number of carbonyl (C=O) groups excluding carboxylic acids is 1. The zero-order valence-corrected chi connectivity index (χ0v) is 9.88. The van der Waals surface area contributed by atoms with Gasteiger partial charge in [0.2, 0.25) is 0 Å². The number of hydrogen-bond acceptors (Lipinski definition) is 2. The molecule has 0 saturated heterocycles. The maximum Gasteiger partial charge on any atom is 0.311 e. The zero-order valence-electron chi connectivity index (χ0n) is 9.13. The predicted octanol–water partition coefficient (Wildman–Crippen LogP) is 2.93. The summed E-state index contributed by atoms with van der Waals surface area (Å²) in [5.74, 6) is -0.0542. The first-order valence-electron chi connectivity index (χ1n) is 5.45. The number of esters is 1. The minimum Gasteiger partial charge on any atom is -0.469 e. The second-order valence-electron chi connectivity index (χ2n) is 5.06. The molecule has 1 aromatic carbocycles. The van der Waals surface area contributed by atoms with Gasteiger partial charge in [0, 0.05) is 10.4 Å². The molecule has 0 spiro atoms. The van der Waals surface area contributed by atoms with E-state index in [1.807, 2.05) is 18.2 Å². The van der Waals surface area contributed by atoms with Crippen molar-refractivity contribution in [3.05, 3.63) is 34.9 Å². The Kier molecular flexibility index (Phi) is 1.91. The summed E-state index contributed by atoms with van der Waals surface area (Å²) in [5.41, 5.74) is 1.17. The molecular weight excluding hydrogens is 224 g/mol. The molecule has 3 aliphatic rings. The fourth-order valence-corrected chi connectivity index (χ4v) is 3.73. The molecular formula is C13H13ClO2. The standard InChI is InChI=1S/C13H13ClO2/c1-16-11(15)13-6-12(7-13,8-13)9-4-2-3-5-10(9)14/h2-5H,6-8H2,1H3. The average molecular weight is 237 g/mol. The van der Waals surface area contributed by atoms with Gasteiger partial charge >= 0.3 is 5.97 Å². The van der Waals surface area contributed by atoms with E-state index in [4.69, 9.17) is 16.3 Å². The molecule has 2 bridgehead atoms. The average Bonchev–Trinajstić information content (AvgIpc) is 2.16. The van der Waals surface area contributed by atoms with Gasteiger partial charge in [0.15, 0.2) is 0 Å². The van der Waals surface area contributed by atoms with Crippen LogP contribution in [0.1, 0.15) is 24.8 Å². The van der Waals surface area contributed by atoms with Crippen LogP contribution in [0.2, 0.25) is 5.02 Å². The third-order valence-electron chi connectivity index (χ3n) is 4.09. The molecule has 3 aliphatic carbocycles. The molecule has 1 aromatic rings. The quantitative estimate of drug-likeness (QED) is 0.738. The summed E-state index contributed by atoms with van der Waals surface area (Å²) in [6.45, 7) is 0. The number of halogens is 1. The number of carbonyl (C=O) groups is 1. The second kappa shape index (κ2) is 3.01. The zero-order chi connectivity index (χ0) is 11.4. The molecule has 0 unspecified atom stereocenters. The van der Waals surface area contributed by atoms with E-state index >= 15 is 0 Å². The molecule has 0 N–H and O–H groups in total. The van der Waals surface area contributed by atoms with Crippen molar-refractivity contribution in [3.63, 3.8) is 0 Å². The maximum atomic E-state index is 11.6. The van der Waals surface area contributed by atoms with E-state index in [0.717, 1.165) is 24.3 Å². The van der Waals surface area contributed by atoms with Gasteiger partial charge in [-0.25, -0.2) is 0 Å². The van der Waals surface area contributed by atoms with Crippen LogP contribution >= 0.6 is 11.6 Å². The Balaban J connectivity index is 1.84. The SMILES string of the molecule is COC(=O)C12CC(c3ccccc3Cl)(C1)C2. The van der Waals surface area contributed by atoms with E-state index in [0.29, 0.717) is 0 Å². The third kappa shape index (κ3) is 1.06. The molecule has 3 heteroatoms. The van der Waals surface area contributed by atoms with Crippen LogP contribution in [0.3, 0.4) is 0 Å². The fraction of sp³-hybridized carbons (Fsp3) is 0.462. The molecule has 0 radical (unpaired) electrons. The van der Waals surface area contributed by atoms with Crippen LogP contribution in [-0.4, -0.2) is 13.1 Å². The van der Waals surface area contributed by atoms with Crippen molar-refractivity contribution in [2.24, 2.45) is 5.41 Å². The van der Waals surface area contributed by atoms with Crippen molar-refractivity contribution in [3.8, 4) is 0 Å². The lowest BCUT2D eigenvalue weighted by Crippen LogP contribution is -2.68. The minimum atomic E-state index is -0.187. The molecule has 0 aromatic heterocycles. The Labute approximate surface area is 99.6 Å². The van der Waals surface area contributed by atoms with Gasteiger partial charge < -0.3 is 4.74 Å². The Bertz CT molecular complexity index is 447. The van der Waals surface area contributed by atoms with Gasteiger partial charge in [-0.15, -0.1) is 0 Å². The van der Waals surface area contributed by atoms with Crippen molar-refractivity contribution in [2.45, 2.75) is 24.7 Å². The highest BCUT2D eigenvalue weighted by Gasteiger charge is 2.73. The van der Waals surface area contributed by atoms with Gasteiger partial charge in [-0.05, 0) is 30.9 Å². The summed E-state index contributed by atoms with van der Waals surface area (Å²) in [4.78, 5) is 11.6. The Morgan fingerprint density at radius 1 is 1.31 bits per heavy atom. The molecule has 0 aliphatic heterocycles. The normalized spacial score (nSPS) is 34.9. The molecule has 3 saturated carbocycles. The van der Waals surface area contributed by atoms with E-state index < -0.39 is 0 Å². The highest BCUT2D eigenvalue weighted by Crippen LogP contribution is 2.74. The summed E-state index contributed by atoms with van der Waals surface area (Å²) < 4.78 is 4.83. The van der Waals surface area contributed by atoms with E-state index in [1.54, 1.807) is 0 Å². The molecule has 84 valence electrons. The van der Waals surface area contributed by atoms with E-state index in [-0.39, 0.29) is 16.8 Å². The van der Waals surface area contributed by atoms with Crippen LogP contribution in [-0.2, 0) is 14.9 Å². The Hall–Kier alpha value is -1.02. The molecule has 0 amide bonds. The van der Waals surface area contributed by atoms with Crippen molar-refractivity contribution >= 4 is 17.6 Å². The fourth-order valence-electron chi connectivity index (χ4n) is 3.40. The van der Waals surface area contributed by atoms with E-state index in [1.165, 1.54) is 12.7 Å². The van der Waals surface area contributed by atoms with Gasteiger partial charge in [0.1, 0.15) is 0 Å². The van der Waals surface area contributed by atoms with Crippen LogP contribution < -0.4 is 0 Å². The predicted molar refractivity (Wildman–Crippen MR) is 61.4 cm³/mol. The number of rotatable bonds is 2. The number of benzene rings is 1. The van der Waals surface area contributed by atoms with Gasteiger partial charge in [-0.1, -0.05) is 29.8 Å². The van der Waals surface area contributed by atoms with Crippen LogP contribution in [0.15, 0.2) is 24.3 Å². The largest absolute Gasteiger partial charge is 0.469 e. The molecule has 0 atom stereocenters. The Morgan fingerprint density at radius 2 is 1.94 bits per heavy atom. The van der Waals surface area contributed by atoms with E-state index in [2.05, 4.69) is 6.07 Å². The van der Waals surface area contributed by atoms with Crippen LogP contribution in [0, 0.1) is 5.41 Å². The Morgan fingerprint density at radius 3 is 2.50 bits per heavy atom. The molecule has 3 fully saturated rings. The van der Waals surface area contributed by atoms with Crippen molar-refractivity contribution < 1.29 is 9.53 Å². The molecule has 4 rings (SSSR count). The van der Waals surface area contributed by atoms with Gasteiger partial charge in [0.05, 0.1) is 12.5 Å². The first-order valence-corrected chi connectivity index (χ1v) is 5.83. The smallest absolute Gasteiger partial charge is 0.311 e. The van der Waals surface area contributed by atoms with Crippen molar-refractivity contribution in [1.82, 2.24) is 0 Å². The minimum absolute atomic E-state index is 0.0542. The lowest BCUT2D eigenvalue weighted by molar-refractivity contribution is -0.198. The first-order chi connectivity index (χ1) is 7.62. The summed E-state index contributed by atoms with van der Waals surface area (Å²) >= 11 is 6.19. The molecule has 2 nitrogen and oxygen atoms in total. The highest BCUT2D eigenvalue weighted by molar-refractivity contribution is 6.31. The summed E-state index contributed by atoms with van der Waals surface area (Å²) in [6.07, 6.45) is 2.70. The summed E-state index contributed by atoms with van der Waals surface area (Å²) in [6, 6.07) is 7.94. The summed E-state index contributed by atoms with van der Waals surface area (Å²) in [7, 11) is 1.46. The first kappa shape index (κ1) is 10.2. The molecule has 0 heterocycles. The number of methoxy groups -OCH3 is 1. The van der Waals surface area contributed by atoms with Crippen LogP contribution in [0.25, 0.3) is 0 Å². The topological polar surface area (TPSA) is 26.3 Å². The van der Waals surface area contributed by atoms with Gasteiger partial charge in [0.25, 0.3) is 0 Å². The van der Waals surface area contributed by atoms with Crippen molar-refractivity contribution in [2.75, 3.05) is 7.11 Å². The molecule has 16 heavy (non-hydrogen) atoms. The van der Waals surface area contributed by atoms with Crippen LogP contribution in [0.4, 0.5) is 0 Å². The monoisotopic (exact) mass is 236 g/mol. The highest BCUT2D eigenvalue weighted by atomic mass is 35.5. The summed E-state index contributed by atoms with van der Waals surface area (Å²) in [5, 5.41) is 0.820. The number of hydrogen-bond donors (Lipinski definition) is 0. The second-order valence-corrected chi connectivity index (χ2v) is 5.47. The van der Waals surface area contributed by atoms with Crippen molar-refractivity contribution in [1.29, 1.82) is 0 Å². The van der Waals surface area contributed by atoms with Crippen LogP contribution in [0.5, 0.6) is 0 Å².